The first-order valence-electron chi connectivity index (χ1n) is 9.87. The van der Waals surface area contributed by atoms with Crippen LogP contribution in [0.5, 0.6) is 0 Å². The molecule has 2 saturated heterocycles. The lowest BCUT2D eigenvalue weighted by Gasteiger charge is -2.28. The highest BCUT2D eigenvalue weighted by Gasteiger charge is 2.50. The maximum absolute atomic E-state index is 12.6. The number of benzene rings is 1. The van der Waals surface area contributed by atoms with Crippen LogP contribution in [-0.2, 0) is 16.1 Å². The number of rotatable bonds is 5. The number of ether oxygens (including phenoxy) is 1. The minimum atomic E-state index is 0.349. The van der Waals surface area contributed by atoms with Crippen molar-refractivity contribution in [3.63, 3.8) is 0 Å². The lowest BCUT2D eigenvalue weighted by atomic mass is 9.88. The summed E-state index contributed by atoms with van der Waals surface area (Å²) in [6.45, 7) is 5.97. The van der Waals surface area contributed by atoms with Gasteiger partial charge >= 0.3 is 0 Å². The monoisotopic (exact) mass is 342 g/mol. The van der Waals surface area contributed by atoms with E-state index in [-0.39, 0.29) is 0 Å². The van der Waals surface area contributed by atoms with E-state index < -0.39 is 0 Å². The van der Waals surface area contributed by atoms with Crippen LogP contribution in [0.3, 0.4) is 0 Å². The number of hydrogen-bond acceptors (Lipinski definition) is 3. The van der Waals surface area contributed by atoms with Gasteiger partial charge in [-0.05, 0) is 49.1 Å². The van der Waals surface area contributed by atoms with Gasteiger partial charge in [0.15, 0.2) is 0 Å². The molecule has 1 N–H and O–H groups in total. The smallest absolute Gasteiger partial charge is 0.223 e. The Balaban J connectivity index is 1.39. The molecule has 0 aromatic heterocycles. The Bertz CT molecular complexity index is 585. The molecule has 2 heterocycles. The van der Waals surface area contributed by atoms with Gasteiger partial charge < -0.3 is 15.0 Å². The molecule has 0 spiro atoms. The van der Waals surface area contributed by atoms with Crippen LogP contribution in [0.15, 0.2) is 30.3 Å². The summed E-state index contributed by atoms with van der Waals surface area (Å²) in [5, 5.41) is 3.78. The quantitative estimate of drug-likeness (QED) is 0.895. The minimum Gasteiger partial charge on any atom is -0.381 e. The van der Waals surface area contributed by atoms with Crippen molar-refractivity contribution in [2.45, 2.75) is 51.2 Å². The summed E-state index contributed by atoms with van der Waals surface area (Å²) in [5.74, 6) is 2.19. The largest absolute Gasteiger partial charge is 0.381 e. The summed E-state index contributed by atoms with van der Waals surface area (Å²) in [4.78, 5) is 14.8. The fourth-order valence-electron chi connectivity index (χ4n) is 5.13. The zero-order valence-electron chi connectivity index (χ0n) is 15.2. The molecule has 4 heteroatoms. The Morgan fingerprint density at radius 3 is 2.72 bits per heavy atom. The molecule has 1 aromatic rings. The first kappa shape index (κ1) is 17.0. The van der Waals surface area contributed by atoms with Crippen LogP contribution in [0.25, 0.3) is 0 Å². The zero-order valence-corrected chi connectivity index (χ0v) is 15.2. The topological polar surface area (TPSA) is 41.6 Å². The molecule has 2 aliphatic heterocycles. The molecule has 3 aliphatic rings. The van der Waals surface area contributed by atoms with E-state index in [9.17, 15) is 4.79 Å². The van der Waals surface area contributed by atoms with E-state index in [1.165, 1.54) is 5.56 Å². The van der Waals surface area contributed by atoms with Gasteiger partial charge in [-0.2, -0.15) is 0 Å². The van der Waals surface area contributed by atoms with Crippen LogP contribution < -0.4 is 5.32 Å². The number of carbonyl (C=O) groups excluding carboxylic acids is 1. The molecule has 1 amide bonds. The van der Waals surface area contributed by atoms with Gasteiger partial charge in [-0.15, -0.1) is 0 Å². The Hall–Kier alpha value is -1.39. The molecule has 1 aromatic carbocycles. The second-order valence-corrected chi connectivity index (χ2v) is 8.11. The van der Waals surface area contributed by atoms with Crippen molar-refractivity contribution in [2.24, 2.45) is 17.8 Å². The van der Waals surface area contributed by atoms with Crippen molar-refractivity contribution in [2.75, 3.05) is 19.8 Å². The Labute approximate surface area is 150 Å². The Morgan fingerprint density at radius 1 is 1.20 bits per heavy atom. The predicted molar refractivity (Wildman–Crippen MR) is 98.0 cm³/mol. The van der Waals surface area contributed by atoms with Gasteiger partial charge in [-0.1, -0.05) is 37.3 Å². The van der Waals surface area contributed by atoms with Crippen LogP contribution in [0.4, 0.5) is 0 Å². The molecular weight excluding hydrogens is 312 g/mol. The molecule has 4 rings (SSSR count). The lowest BCUT2D eigenvalue weighted by molar-refractivity contribution is -0.129. The van der Waals surface area contributed by atoms with Crippen LogP contribution in [0.1, 0.15) is 38.2 Å². The highest BCUT2D eigenvalue weighted by molar-refractivity contribution is 5.79. The van der Waals surface area contributed by atoms with Crippen molar-refractivity contribution >= 4 is 5.91 Å². The maximum atomic E-state index is 12.6. The Kier molecular flexibility index (Phi) is 5.09. The first-order valence-corrected chi connectivity index (χ1v) is 9.87. The average Bonchev–Trinajstić information content (AvgIpc) is 3.10. The van der Waals surface area contributed by atoms with Gasteiger partial charge in [-0.25, -0.2) is 0 Å². The molecule has 0 unspecified atom stereocenters. The summed E-state index contributed by atoms with van der Waals surface area (Å²) in [6, 6.07) is 11.4. The van der Waals surface area contributed by atoms with E-state index in [1.54, 1.807) is 0 Å². The third-order valence-corrected chi connectivity index (χ3v) is 6.58. The van der Waals surface area contributed by atoms with Gasteiger partial charge in [0.1, 0.15) is 0 Å². The van der Waals surface area contributed by atoms with Crippen molar-refractivity contribution < 1.29 is 9.53 Å². The highest BCUT2D eigenvalue weighted by Crippen LogP contribution is 2.46. The van der Waals surface area contributed by atoms with E-state index >= 15 is 0 Å². The van der Waals surface area contributed by atoms with Crippen molar-refractivity contribution in [3.05, 3.63) is 35.9 Å². The summed E-state index contributed by atoms with van der Waals surface area (Å²) in [7, 11) is 0. The van der Waals surface area contributed by atoms with Gasteiger partial charge in [0.2, 0.25) is 5.91 Å². The van der Waals surface area contributed by atoms with Crippen molar-refractivity contribution in [1.29, 1.82) is 0 Å². The number of fused-ring (bicyclic) bond motifs is 1. The van der Waals surface area contributed by atoms with Gasteiger partial charge in [0, 0.05) is 38.3 Å². The molecule has 136 valence electrons. The molecule has 4 atom stereocenters. The van der Waals surface area contributed by atoms with Gasteiger partial charge in [0.25, 0.3) is 0 Å². The highest BCUT2D eigenvalue weighted by atomic mass is 16.5. The zero-order chi connectivity index (χ0) is 17.2. The summed E-state index contributed by atoms with van der Waals surface area (Å²) >= 11 is 0. The molecule has 25 heavy (non-hydrogen) atoms. The molecule has 1 aliphatic carbocycles. The van der Waals surface area contributed by atoms with Crippen LogP contribution in [0.2, 0.25) is 0 Å². The number of amides is 1. The third kappa shape index (κ3) is 3.61. The van der Waals surface area contributed by atoms with Crippen LogP contribution >= 0.6 is 0 Å². The minimum absolute atomic E-state index is 0.349. The number of hydrogen-bond donors (Lipinski definition) is 1. The molecule has 3 fully saturated rings. The summed E-state index contributed by atoms with van der Waals surface area (Å²) in [5.41, 5.74) is 1.24. The SMILES string of the molecule is C[C@H]1C[C@@H]2[C@@H](CC(=O)N2Cc2ccccc2)[C@@H]1CNC1CCOCC1. The van der Waals surface area contributed by atoms with E-state index in [2.05, 4.69) is 41.4 Å². The number of nitrogens with zero attached hydrogens (tertiary/aromatic N) is 1. The lowest BCUT2D eigenvalue weighted by Crippen LogP contribution is -2.39. The second kappa shape index (κ2) is 7.46. The standard InChI is InChI=1S/C21H30N2O2/c1-15-11-20-18(19(15)13-22-17-7-9-25-10-8-17)12-21(24)23(20)14-16-5-3-2-4-6-16/h2-6,15,17-20,22H,7-14H2,1H3/t15-,18-,19+,20+/m0/s1. The number of likely N-dealkylation sites (tertiary alicyclic amines) is 1. The van der Waals surface area contributed by atoms with E-state index in [0.29, 0.717) is 35.7 Å². The molecule has 0 radical (unpaired) electrons. The van der Waals surface area contributed by atoms with Crippen molar-refractivity contribution in [3.8, 4) is 0 Å². The van der Waals surface area contributed by atoms with Crippen LogP contribution in [-0.4, -0.2) is 42.6 Å². The molecule has 4 nitrogen and oxygen atoms in total. The van der Waals surface area contributed by atoms with E-state index in [1.807, 2.05) is 6.07 Å². The first-order chi connectivity index (χ1) is 12.2. The molecular formula is C21H30N2O2. The predicted octanol–water partition coefficient (Wildman–Crippen LogP) is 2.83. The average molecular weight is 342 g/mol. The van der Waals surface area contributed by atoms with Gasteiger partial charge in [0.05, 0.1) is 0 Å². The second-order valence-electron chi connectivity index (χ2n) is 8.11. The van der Waals surface area contributed by atoms with Crippen LogP contribution in [0, 0.1) is 17.8 Å². The normalized spacial score (nSPS) is 33.0. The van der Waals surface area contributed by atoms with E-state index in [4.69, 9.17) is 4.74 Å². The fourth-order valence-corrected chi connectivity index (χ4v) is 5.13. The molecule has 1 saturated carbocycles. The Morgan fingerprint density at radius 2 is 1.96 bits per heavy atom. The maximum Gasteiger partial charge on any atom is 0.223 e. The number of nitrogens with one attached hydrogen (secondary N) is 1. The summed E-state index contributed by atoms with van der Waals surface area (Å²) in [6.07, 6.45) is 4.13. The van der Waals surface area contributed by atoms with Gasteiger partial charge in [-0.3, -0.25) is 4.79 Å². The van der Waals surface area contributed by atoms with E-state index in [0.717, 1.165) is 52.0 Å². The van der Waals surface area contributed by atoms with Crippen molar-refractivity contribution in [1.82, 2.24) is 10.2 Å². The molecule has 0 bridgehead atoms. The third-order valence-electron chi connectivity index (χ3n) is 6.58. The number of carbonyl (C=O) groups is 1. The summed E-state index contributed by atoms with van der Waals surface area (Å²) < 4.78 is 5.46. The fraction of sp³-hybridized carbons (Fsp3) is 0.667.